The number of aliphatic hydroxyl groups excluding tert-OH is 2. The van der Waals surface area contributed by atoms with Crippen LogP contribution in [-0.2, 0) is 6.61 Å². The first-order valence-corrected chi connectivity index (χ1v) is 4.90. The molecule has 16 heavy (non-hydrogen) atoms. The number of hydrogen-bond acceptors (Lipinski definition) is 5. The monoisotopic (exact) mass is 227 g/mol. The largest absolute Gasteiger partial charge is 0.493 e. The molecule has 0 fully saturated rings. The quantitative estimate of drug-likeness (QED) is 0.668. The van der Waals surface area contributed by atoms with Gasteiger partial charge in [-0.05, 0) is 23.3 Å². The summed E-state index contributed by atoms with van der Waals surface area (Å²) >= 11 is 0. The maximum absolute atomic E-state index is 9.21. The van der Waals surface area contributed by atoms with Crippen molar-refractivity contribution in [2.45, 2.75) is 12.6 Å². The minimum Gasteiger partial charge on any atom is -0.493 e. The Hall–Kier alpha value is -1.30. The van der Waals surface area contributed by atoms with Gasteiger partial charge < -0.3 is 25.4 Å². The van der Waals surface area contributed by atoms with Gasteiger partial charge in [0.05, 0.1) is 33.5 Å². The second-order valence-corrected chi connectivity index (χ2v) is 3.35. The molecule has 1 aromatic rings. The summed E-state index contributed by atoms with van der Waals surface area (Å²) in [6.07, 6.45) is 0. The van der Waals surface area contributed by atoms with E-state index in [1.165, 1.54) is 14.2 Å². The molecule has 4 N–H and O–H groups in total. The molecule has 0 aliphatic heterocycles. The topological polar surface area (TPSA) is 84.9 Å². The Morgan fingerprint density at radius 3 is 2.19 bits per heavy atom. The number of benzene rings is 1. The smallest absolute Gasteiger partial charge is 0.161 e. The van der Waals surface area contributed by atoms with Gasteiger partial charge in [0, 0.05) is 0 Å². The molecule has 0 radical (unpaired) electrons. The van der Waals surface area contributed by atoms with E-state index in [2.05, 4.69) is 0 Å². The summed E-state index contributed by atoms with van der Waals surface area (Å²) in [6, 6.07) is 2.79. The van der Waals surface area contributed by atoms with Crippen molar-refractivity contribution < 1.29 is 19.7 Å². The lowest BCUT2D eigenvalue weighted by Crippen LogP contribution is -2.17. The molecule has 0 aliphatic carbocycles. The molecule has 0 bridgehead atoms. The molecule has 0 saturated carbocycles. The molecule has 5 nitrogen and oxygen atoms in total. The average molecular weight is 227 g/mol. The van der Waals surface area contributed by atoms with Crippen LogP contribution < -0.4 is 15.2 Å². The van der Waals surface area contributed by atoms with Crippen LogP contribution in [-0.4, -0.2) is 31.0 Å². The number of aliphatic hydroxyl groups is 2. The molecule has 0 unspecified atom stereocenters. The molecule has 0 spiro atoms. The van der Waals surface area contributed by atoms with Gasteiger partial charge in [0.25, 0.3) is 0 Å². The Kier molecular flexibility index (Phi) is 4.54. The third-order valence-corrected chi connectivity index (χ3v) is 2.41. The first-order chi connectivity index (χ1) is 7.67. The molecule has 5 heteroatoms. The van der Waals surface area contributed by atoms with E-state index in [-0.39, 0.29) is 13.2 Å². The molecule has 90 valence electrons. The zero-order chi connectivity index (χ0) is 12.1. The van der Waals surface area contributed by atoms with Crippen LogP contribution in [0.25, 0.3) is 0 Å². The summed E-state index contributed by atoms with van der Waals surface area (Å²) in [6.45, 7) is -0.355. The highest BCUT2D eigenvalue weighted by Crippen LogP contribution is 2.32. The Bertz CT molecular complexity index is 354. The third kappa shape index (κ3) is 2.44. The molecule has 1 aromatic carbocycles. The molecule has 0 aliphatic rings. The average Bonchev–Trinajstić information content (AvgIpc) is 2.35. The van der Waals surface area contributed by atoms with E-state index in [1.54, 1.807) is 12.1 Å². The third-order valence-electron chi connectivity index (χ3n) is 2.41. The van der Waals surface area contributed by atoms with Crippen LogP contribution in [0.3, 0.4) is 0 Å². The molecule has 0 aromatic heterocycles. The van der Waals surface area contributed by atoms with E-state index in [4.69, 9.17) is 20.3 Å². The van der Waals surface area contributed by atoms with E-state index in [9.17, 15) is 5.11 Å². The van der Waals surface area contributed by atoms with Crippen molar-refractivity contribution in [3.05, 3.63) is 23.3 Å². The van der Waals surface area contributed by atoms with E-state index in [1.807, 2.05) is 0 Å². The SMILES string of the molecule is COc1cc(CO)c([C@@H](N)CO)cc1OC. The Balaban J connectivity index is 3.25. The highest BCUT2D eigenvalue weighted by molar-refractivity contribution is 5.48. The summed E-state index contributed by atoms with van der Waals surface area (Å²) in [5.74, 6) is 1.05. The number of hydrogen-bond donors (Lipinski definition) is 3. The van der Waals surface area contributed by atoms with Gasteiger partial charge in [-0.1, -0.05) is 0 Å². The van der Waals surface area contributed by atoms with Crippen LogP contribution >= 0.6 is 0 Å². The predicted octanol–water partition coefficient (Wildman–Crippen LogP) is 0.188. The van der Waals surface area contributed by atoms with Crippen molar-refractivity contribution in [1.29, 1.82) is 0 Å². The summed E-state index contributed by atoms with van der Waals surface area (Å²) in [5, 5.41) is 18.2. The van der Waals surface area contributed by atoms with Gasteiger partial charge in [0.1, 0.15) is 0 Å². The second-order valence-electron chi connectivity index (χ2n) is 3.35. The minimum absolute atomic E-state index is 0.163. The van der Waals surface area contributed by atoms with Gasteiger partial charge in [-0.25, -0.2) is 0 Å². The molecule has 0 heterocycles. The number of rotatable bonds is 5. The number of ether oxygens (including phenoxy) is 2. The zero-order valence-corrected chi connectivity index (χ0v) is 9.43. The van der Waals surface area contributed by atoms with Crippen LogP contribution in [0.1, 0.15) is 17.2 Å². The fraction of sp³-hybridized carbons (Fsp3) is 0.455. The normalized spacial score (nSPS) is 12.3. The van der Waals surface area contributed by atoms with Gasteiger partial charge in [-0.2, -0.15) is 0 Å². The van der Waals surface area contributed by atoms with E-state index >= 15 is 0 Å². The maximum Gasteiger partial charge on any atom is 0.161 e. The highest BCUT2D eigenvalue weighted by atomic mass is 16.5. The van der Waals surface area contributed by atoms with Crippen LogP contribution in [0.5, 0.6) is 11.5 Å². The van der Waals surface area contributed by atoms with Crippen molar-refractivity contribution in [3.63, 3.8) is 0 Å². The van der Waals surface area contributed by atoms with Crippen molar-refractivity contribution >= 4 is 0 Å². The predicted molar refractivity (Wildman–Crippen MR) is 59.5 cm³/mol. The van der Waals surface area contributed by atoms with Crippen molar-refractivity contribution in [2.24, 2.45) is 5.73 Å². The molecular weight excluding hydrogens is 210 g/mol. The Morgan fingerprint density at radius 1 is 1.19 bits per heavy atom. The lowest BCUT2D eigenvalue weighted by atomic mass is 10.0. The van der Waals surface area contributed by atoms with Gasteiger partial charge >= 0.3 is 0 Å². The van der Waals surface area contributed by atoms with Gasteiger partial charge in [-0.15, -0.1) is 0 Å². The Labute approximate surface area is 94.4 Å². The summed E-state index contributed by atoms with van der Waals surface area (Å²) in [4.78, 5) is 0. The van der Waals surface area contributed by atoms with Gasteiger partial charge in [0.15, 0.2) is 11.5 Å². The van der Waals surface area contributed by atoms with Crippen LogP contribution in [0.2, 0.25) is 0 Å². The first kappa shape index (κ1) is 12.8. The number of nitrogens with two attached hydrogens (primary N) is 1. The summed E-state index contributed by atoms with van der Waals surface area (Å²) in [5.41, 5.74) is 7.01. The van der Waals surface area contributed by atoms with E-state index in [0.717, 1.165) is 0 Å². The number of methoxy groups -OCH3 is 2. The summed E-state index contributed by atoms with van der Waals surface area (Å²) in [7, 11) is 3.04. The maximum atomic E-state index is 9.21. The van der Waals surface area contributed by atoms with Crippen LogP contribution in [0.15, 0.2) is 12.1 Å². The van der Waals surface area contributed by atoms with Crippen molar-refractivity contribution in [2.75, 3.05) is 20.8 Å². The molecule has 1 atom stereocenters. The molecular formula is C11H17NO4. The van der Waals surface area contributed by atoms with Gasteiger partial charge in [0.2, 0.25) is 0 Å². The molecule has 0 saturated heterocycles. The summed E-state index contributed by atoms with van der Waals surface area (Å²) < 4.78 is 10.2. The molecule has 1 rings (SSSR count). The standard InChI is InChI=1S/C11H17NO4/c1-15-10-3-7(5-13)8(9(12)6-14)4-11(10)16-2/h3-4,9,13-14H,5-6,12H2,1-2H3/t9-/m0/s1. The fourth-order valence-electron chi connectivity index (χ4n) is 1.52. The first-order valence-electron chi connectivity index (χ1n) is 4.90. The zero-order valence-electron chi connectivity index (χ0n) is 9.43. The van der Waals surface area contributed by atoms with E-state index in [0.29, 0.717) is 22.6 Å². The Morgan fingerprint density at radius 2 is 1.75 bits per heavy atom. The van der Waals surface area contributed by atoms with E-state index < -0.39 is 6.04 Å². The fourth-order valence-corrected chi connectivity index (χ4v) is 1.52. The highest BCUT2D eigenvalue weighted by Gasteiger charge is 2.15. The van der Waals surface area contributed by atoms with Gasteiger partial charge in [-0.3, -0.25) is 0 Å². The van der Waals surface area contributed by atoms with Crippen LogP contribution in [0.4, 0.5) is 0 Å². The second kappa shape index (κ2) is 5.69. The van der Waals surface area contributed by atoms with Crippen LogP contribution in [0, 0.1) is 0 Å². The lowest BCUT2D eigenvalue weighted by molar-refractivity contribution is 0.257. The lowest BCUT2D eigenvalue weighted by Gasteiger charge is -2.17. The molecule has 0 amide bonds. The van der Waals surface area contributed by atoms with Crippen molar-refractivity contribution in [1.82, 2.24) is 0 Å². The van der Waals surface area contributed by atoms with Crippen molar-refractivity contribution in [3.8, 4) is 11.5 Å². The minimum atomic E-state index is -0.540.